The molecule has 0 bridgehead atoms. The molecule has 2 heterocycles. The highest BCUT2D eigenvalue weighted by Crippen LogP contribution is 2.45. The third kappa shape index (κ3) is 3.41. The molecule has 3 atom stereocenters. The summed E-state index contributed by atoms with van der Waals surface area (Å²) >= 11 is 0. The van der Waals surface area contributed by atoms with Crippen molar-refractivity contribution in [3.05, 3.63) is 35.9 Å². The predicted octanol–water partition coefficient (Wildman–Crippen LogP) is 3.54. The number of nitrogens with one attached hydrogen (secondary N) is 1. The van der Waals surface area contributed by atoms with Crippen molar-refractivity contribution in [3.63, 3.8) is 0 Å². The fraction of sp³-hybridized carbons (Fsp3) is 0.682. The number of hydrogen-bond donors (Lipinski definition) is 1. The number of benzene rings is 1. The van der Waals surface area contributed by atoms with Gasteiger partial charge >= 0.3 is 0 Å². The Hall–Kier alpha value is -1.39. The monoisotopic (exact) mass is 356 g/mol. The quantitative estimate of drug-likeness (QED) is 0.812. The Morgan fingerprint density at radius 1 is 1.27 bits per heavy atom. The second kappa shape index (κ2) is 7.69. The number of fused-ring (bicyclic) bond motifs is 1. The van der Waals surface area contributed by atoms with Crippen LogP contribution < -0.4 is 5.32 Å². The molecule has 4 heteroatoms. The molecule has 1 amide bonds. The van der Waals surface area contributed by atoms with Gasteiger partial charge in [0.1, 0.15) is 0 Å². The molecule has 0 radical (unpaired) electrons. The van der Waals surface area contributed by atoms with Gasteiger partial charge in [0, 0.05) is 30.7 Å². The Bertz CT molecular complexity index is 614. The highest BCUT2D eigenvalue weighted by atomic mass is 16.5. The van der Waals surface area contributed by atoms with E-state index in [0.717, 1.165) is 39.1 Å². The van der Waals surface area contributed by atoms with Crippen LogP contribution in [0.2, 0.25) is 0 Å². The van der Waals surface area contributed by atoms with Crippen LogP contribution in [0.5, 0.6) is 0 Å². The lowest BCUT2D eigenvalue weighted by Gasteiger charge is -2.42. The van der Waals surface area contributed by atoms with Gasteiger partial charge in [0.15, 0.2) is 0 Å². The van der Waals surface area contributed by atoms with Gasteiger partial charge in [-0.1, -0.05) is 36.8 Å². The molecule has 0 aromatic heterocycles. The van der Waals surface area contributed by atoms with Gasteiger partial charge in [-0.3, -0.25) is 9.69 Å². The highest BCUT2D eigenvalue weighted by Gasteiger charge is 2.47. The summed E-state index contributed by atoms with van der Waals surface area (Å²) in [5, 5.41) is 3.32. The van der Waals surface area contributed by atoms with Crippen molar-refractivity contribution in [2.45, 2.75) is 57.5 Å². The molecule has 4 rings (SSSR count). The fourth-order valence-electron chi connectivity index (χ4n) is 5.22. The van der Waals surface area contributed by atoms with Crippen LogP contribution in [0, 0.1) is 11.3 Å². The van der Waals surface area contributed by atoms with Gasteiger partial charge in [0.2, 0.25) is 5.91 Å². The minimum atomic E-state index is 0.131. The Morgan fingerprint density at radius 3 is 2.77 bits per heavy atom. The fourth-order valence-corrected chi connectivity index (χ4v) is 5.22. The molecule has 3 fully saturated rings. The van der Waals surface area contributed by atoms with E-state index in [-0.39, 0.29) is 17.2 Å². The second-order valence-electron chi connectivity index (χ2n) is 8.42. The van der Waals surface area contributed by atoms with Crippen LogP contribution in [0.1, 0.15) is 57.1 Å². The molecule has 142 valence electrons. The van der Waals surface area contributed by atoms with Crippen LogP contribution in [0.3, 0.4) is 0 Å². The maximum Gasteiger partial charge on any atom is 0.224 e. The molecule has 3 aliphatic rings. The van der Waals surface area contributed by atoms with Crippen molar-refractivity contribution in [1.29, 1.82) is 0 Å². The van der Waals surface area contributed by atoms with Crippen molar-refractivity contribution in [3.8, 4) is 0 Å². The minimum Gasteiger partial charge on any atom is -0.381 e. The maximum absolute atomic E-state index is 13.0. The highest BCUT2D eigenvalue weighted by molar-refractivity contribution is 5.80. The summed E-state index contributed by atoms with van der Waals surface area (Å²) in [7, 11) is 0. The van der Waals surface area contributed by atoms with Crippen molar-refractivity contribution < 1.29 is 9.53 Å². The van der Waals surface area contributed by atoms with Gasteiger partial charge in [-0.15, -0.1) is 0 Å². The third-order valence-corrected chi connectivity index (χ3v) is 6.87. The first kappa shape index (κ1) is 18.0. The molecule has 1 aliphatic carbocycles. The van der Waals surface area contributed by atoms with E-state index in [1.807, 2.05) is 6.92 Å². The van der Waals surface area contributed by atoms with Crippen LogP contribution in [0.15, 0.2) is 30.3 Å². The molecule has 1 aromatic rings. The van der Waals surface area contributed by atoms with Crippen LogP contribution in [-0.4, -0.2) is 43.2 Å². The van der Waals surface area contributed by atoms with Crippen LogP contribution >= 0.6 is 0 Å². The molecule has 4 nitrogen and oxygen atoms in total. The zero-order chi connectivity index (χ0) is 18.0. The molecule has 1 aromatic carbocycles. The first-order valence-electron chi connectivity index (χ1n) is 10.4. The first-order valence-corrected chi connectivity index (χ1v) is 10.4. The lowest BCUT2D eigenvalue weighted by atomic mass is 9.69. The zero-order valence-electron chi connectivity index (χ0n) is 16.0. The molecule has 1 N–H and O–H groups in total. The van der Waals surface area contributed by atoms with Gasteiger partial charge in [-0.2, -0.15) is 0 Å². The molecule has 2 aliphatic heterocycles. The minimum absolute atomic E-state index is 0.131. The molecule has 2 saturated heterocycles. The first-order chi connectivity index (χ1) is 12.7. The summed E-state index contributed by atoms with van der Waals surface area (Å²) in [6.45, 7) is 5.50. The third-order valence-electron chi connectivity index (χ3n) is 6.87. The van der Waals surface area contributed by atoms with Gasteiger partial charge in [-0.05, 0) is 51.1 Å². The standard InChI is InChI=1S/C22H32N2O2/c1-2-26-16-22(11-7-12-22)15-23-21(25)18-14-20(17-8-4-3-5-9-17)24-13-6-10-19(18)24/h3-5,8-9,18-20H,2,6-7,10-16H2,1H3,(H,23,25)/t18-,19+,20-/m1/s1. The van der Waals surface area contributed by atoms with Crippen LogP contribution in [0.4, 0.5) is 0 Å². The maximum atomic E-state index is 13.0. The number of nitrogens with zero attached hydrogens (tertiary/aromatic N) is 1. The van der Waals surface area contributed by atoms with Crippen LogP contribution in [0.25, 0.3) is 0 Å². The number of amides is 1. The predicted molar refractivity (Wildman–Crippen MR) is 103 cm³/mol. The molecule has 0 unspecified atom stereocenters. The lowest BCUT2D eigenvalue weighted by Crippen LogP contribution is -2.47. The Morgan fingerprint density at radius 2 is 2.08 bits per heavy atom. The lowest BCUT2D eigenvalue weighted by molar-refractivity contribution is -0.127. The summed E-state index contributed by atoms with van der Waals surface area (Å²) in [6.07, 6.45) is 6.95. The molecule has 1 saturated carbocycles. The second-order valence-corrected chi connectivity index (χ2v) is 8.42. The number of ether oxygens (including phenoxy) is 1. The SMILES string of the molecule is CCOCC1(CNC(=O)[C@@H]2C[C@H](c3ccccc3)N3CCC[C@@H]23)CCC1. The Balaban J connectivity index is 1.40. The summed E-state index contributed by atoms with van der Waals surface area (Å²) in [6, 6.07) is 11.5. The average Bonchev–Trinajstić information content (AvgIpc) is 3.23. The average molecular weight is 357 g/mol. The number of rotatable bonds is 7. The van der Waals surface area contributed by atoms with Crippen molar-refractivity contribution in [2.75, 3.05) is 26.3 Å². The Kier molecular flexibility index (Phi) is 5.32. The summed E-state index contributed by atoms with van der Waals surface area (Å²) in [5.74, 6) is 0.398. The van der Waals surface area contributed by atoms with E-state index in [9.17, 15) is 4.79 Å². The van der Waals surface area contributed by atoms with E-state index in [1.165, 1.54) is 31.2 Å². The largest absolute Gasteiger partial charge is 0.381 e. The van der Waals surface area contributed by atoms with E-state index < -0.39 is 0 Å². The smallest absolute Gasteiger partial charge is 0.224 e. The topological polar surface area (TPSA) is 41.6 Å². The Labute approximate surface area is 157 Å². The van der Waals surface area contributed by atoms with Gasteiger partial charge < -0.3 is 10.1 Å². The van der Waals surface area contributed by atoms with Gasteiger partial charge in [-0.25, -0.2) is 0 Å². The van der Waals surface area contributed by atoms with Gasteiger partial charge in [0.05, 0.1) is 12.5 Å². The van der Waals surface area contributed by atoms with E-state index >= 15 is 0 Å². The summed E-state index contributed by atoms with van der Waals surface area (Å²) in [4.78, 5) is 15.6. The van der Waals surface area contributed by atoms with Crippen molar-refractivity contribution in [1.82, 2.24) is 10.2 Å². The number of hydrogen-bond acceptors (Lipinski definition) is 3. The van der Waals surface area contributed by atoms with E-state index in [4.69, 9.17) is 4.74 Å². The number of carbonyl (C=O) groups excluding carboxylic acids is 1. The van der Waals surface area contributed by atoms with Crippen molar-refractivity contribution in [2.24, 2.45) is 11.3 Å². The zero-order valence-corrected chi connectivity index (χ0v) is 16.0. The van der Waals surface area contributed by atoms with E-state index in [1.54, 1.807) is 0 Å². The normalized spacial score (nSPS) is 30.0. The molecule has 26 heavy (non-hydrogen) atoms. The molecular weight excluding hydrogens is 324 g/mol. The summed E-state index contributed by atoms with van der Waals surface area (Å²) in [5.41, 5.74) is 1.56. The van der Waals surface area contributed by atoms with E-state index in [0.29, 0.717) is 12.1 Å². The molecule has 0 spiro atoms. The summed E-state index contributed by atoms with van der Waals surface area (Å²) < 4.78 is 5.68. The van der Waals surface area contributed by atoms with Crippen molar-refractivity contribution >= 4 is 5.91 Å². The molecular formula is C22H32N2O2. The van der Waals surface area contributed by atoms with E-state index in [2.05, 4.69) is 40.5 Å². The van der Waals surface area contributed by atoms with Gasteiger partial charge in [0.25, 0.3) is 0 Å². The van der Waals surface area contributed by atoms with Crippen LogP contribution in [-0.2, 0) is 9.53 Å². The number of carbonyl (C=O) groups is 1.